The van der Waals surface area contributed by atoms with Crippen LogP contribution in [0.25, 0.3) is 0 Å². The van der Waals surface area contributed by atoms with Crippen molar-refractivity contribution >= 4 is 21.9 Å². The van der Waals surface area contributed by atoms with Crippen LogP contribution in [0.4, 0.5) is 0 Å². The van der Waals surface area contributed by atoms with Crippen LogP contribution in [0.15, 0.2) is 29.2 Å². The fourth-order valence-electron chi connectivity index (χ4n) is 1.81. The predicted octanol–water partition coefficient (Wildman–Crippen LogP) is 0.277. The van der Waals surface area contributed by atoms with E-state index in [1.807, 2.05) is 6.07 Å². The normalized spacial score (nSPS) is 11.9. The minimum atomic E-state index is -3.93. The van der Waals surface area contributed by atoms with E-state index in [0.29, 0.717) is 5.75 Å². The van der Waals surface area contributed by atoms with Crippen LogP contribution in [0.3, 0.4) is 0 Å². The fraction of sp³-hybridized carbons (Fsp3) is 0.438. The molecule has 0 unspecified atom stereocenters. The quantitative estimate of drug-likeness (QED) is 0.607. The van der Waals surface area contributed by atoms with E-state index in [9.17, 15) is 18.0 Å². The molecule has 0 fully saturated rings. The highest BCUT2D eigenvalue weighted by molar-refractivity contribution is 7.89. The van der Waals surface area contributed by atoms with Gasteiger partial charge < -0.3 is 14.4 Å². The number of hydrogen-bond donors (Lipinski definition) is 1. The lowest BCUT2D eigenvalue weighted by atomic mass is 10.3. The molecule has 26 heavy (non-hydrogen) atoms. The first-order valence-corrected chi connectivity index (χ1v) is 9.13. The third kappa shape index (κ3) is 6.34. The van der Waals surface area contributed by atoms with E-state index in [-0.39, 0.29) is 17.9 Å². The lowest BCUT2D eigenvalue weighted by molar-refractivity contribution is -0.152. The number of rotatable bonds is 9. The summed E-state index contributed by atoms with van der Waals surface area (Å²) in [4.78, 5) is 24.8. The zero-order valence-electron chi connectivity index (χ0n) is 14.8. The number of nitriles is 1. The van der Waals surface area contributed by atoms with Crippen molar-refractivity contribution in [3.63, 3.8) is 0 Å². The van der Waals surface area contributed by atoms with Crippen LogP contribution in [0.2, 0.25) is 0 Å². The molecule has 142 valence electrons. The maximum absolute atomic E-state index is 12.2. The summed E-state index contributed by atoms with van der Waals surface area (Å²) >= 11 is 0. The molecule has 1 amide bonds. The van der Waals surface area contributed by atoms with Crippen LogP contribution in [0.5, 0.6) is 5.75 Å². The van der Waals surface area contributed by atoms with Crippen molar-refractivity contribution in [1.29, 1.82) is 5.26 Å². The van der Waals surface area contributed by atoms with Crippen molar-refractivity contribution in [2.75, 3.05) is 27.3 Å². The summed E-state index contributed by atoms with van der Waals surface area (Å²) in [6.07, 6.45) is 0.161. The maximum Gasteiger partial charge on any atom is 0.324 e. The third-order valence-corrected chi connectivity index (χ3v) is 4.93. The van der Waals surface area contributed by atoms with Gasteiger partial charge in [0.25, 0.3) is 5.91 Å². The third-order valence-electron chi connectivity index (χ3n) is 3.38. The largest absolute Gasteiger partial charge is 0.497 e. The van der Waals surface area contributed by atoms with Crippen LogP contribution < -0.4 is 9.46 Å². The zero-order valence-corrected chi connectivity index (χ0v) is 15.6. The predicted molar refractivity (Wildman–Crippen MR) is 91.6 cm³/mol. The SMILES string of the molecule is COc1ccc(S(=O)(=O)N[C@@H](C)C(=O)OCC(=O)N(C)CCC#N)cc1. The number of benzene rings is 1. The second-order valence-electron chi connectivity index (χ2n) is 5.35. The Bertz CT molecular complexity index is 770. The zero-order chi connectivity index (χ0) is 19.7. The van der Waals surface area contributed by atoms with Crippen molar-refractivity contribution in [2.45, 2.75) is 24.3 Å². The molecule has 0 bridgehead atoms. The molecule has 1 N–H and O–H groups in total. The Morgan fingerprint density at radius 3 is 2.46 bits per heavy atom. The number of nitrogens with zero attached hydrogens (tertiary/aromatic N) is 2. The van der Waals surface area contributed by atoms with Crippen LogP contribution in [0.1, 0.15) is 13.3 Å². The van der Waals surface area contributed by atoms with Gasteiger partial charge in [-0.05, 0) is 31.2 Å². The first-order chi connectivity index (χ1) is 12.2. The lowest BCUT2D eigenvalue weighted by Crippen LogP contribution is -2.41. The number of carbonyl (C=O) groups is 2. The second kappa shape index (κ2) is 9.74. The number of hydrogen-bond acceptors (Lipinski definition) is 7. The Morgan fingerprint density at radius 1 is 1.31 bits per heavy atom. The molecular weight excluding hydrogens is 362 g/mol. The van der Waals surface area contributed by atoms with Crippen molar-refractivity contribution in [3.05, 3.63) is 24.3 Å². The monoisotopic (exact) mass is 383 g/mol. The molecule has 1 atom stereocenters. The van der Waals surface area contributed by atoms with Gasteiger partial charge in [0.15, 0.2) is 6.61 Å². The van der Waals surface area contributed by atoms with Crippen molar-refractivity contribution in [2.24, 2.45) is 0 Å². The Morgan fingerprint density at radius 2 is 1.92 bits per heavy atom. The molecule has 1 aromatic rings. The maximum atomic E-state index is 12.2. The van der Waals surface area contributed by atoms with Crippen LogP contribution >= 0.6 is 0 Å². The number of ether oxygens (including phenoxy) is 2. The Balaban J connectivity index is 2.60. The Labute approximate surface area is 152 Å². The topological polar surface area (TPSA) is 126 Å². The van der Waals surface area contributed by atoms with E-state index in [2.05, 4.69) is 4.72 Å². The van der Waals surface area contributed by atoms with E-state index in [1.165, 1.54) is 50.2 Å². The molecule has 1 aromatic carbocycles. The highest BCUT2D eigenvalue weighted by Crippen LogP contribution is 2.15. The van der Waals surface area contributed by atoms with Gasteiger partial charge in [-0.1, -0.05) is 0 Å². The van der Waals surface area contributed by atoms with Crippen molar-refractivity contribution < 1.29 is 27.5 Å². The Kier molecular flexibility index (Phi) is 8.02. The van der Waals surface area contributed by atoms with Gasteiger partial charge in [-0.2, -0.15) is 9.98 Å². The second-order valence-corrected chi connectivity index (χ2v) is 7.06. The number of amides is 1. The van der Waals surface area contributed by atoms with Crippen molar-refractivity contribution in [1.82, 2.24) is 9.62 Å². The summed E-state index contributed by atoms with van der Waals surface area (Å²) in [5, 5.41) is 8.47. The number of nitrogens with one attached hydrogen (secondary N) is 1. The molecule has 0 aliphatic heterocycles. The van der Waals surface area contributed by atoms with Crippen LogP contribution in [0, 0.1) is 11.3 Å². The summed E-state index contributed by atoms with van der Waals surface area (Å²) in [6.45, 7) is 0.995. The smallest absolute Gasteiger partial charge is 0.324 e. The molecule has 0 spiro atoms. The molecule has 0 radical (unpaired) electrons. The molecule has 0 aliphatic rings. The summed E-state index contributed by atoms with van der Waals surface area (Å²) < 4.78 is 36.5. The fourth-order valence-corrected chi connectivity index (χ4v) is 3.01. The van der Waals surface area contributed by atoms with Gasteiger partial charge >= 0.3 is 5.97 Å². The van der Waals surface area contributed by atoms with Gasteiger partial charge in [0, 0.05) is 13.6 Å². The van der Waals surface area contributed by atoms with E-state index in [1.54, 1.807) is 0 Å². The van der Waals surface area contributed by atoms with E-state index in [0.717, 1.165) is 0 Å². The van der Waals surface area contributed by atoms with E-state index < -0.39 is 34.5 Å². The minimum absolute atomic E-state index is 0.0368. The molecule has 0 heterocycles. The van der Waals surface area contributed by atoms with E-state index in [4.69, 9.17) is 14.7 Å². The highest BCUT2D eigenvalue weighted by atomic mass is 32.2. The van der Waals surface area contributed by atoms with Crippen molar-refractivity contribution in [3.8, 4) is 11.8 Å². The van der Waals surface area contributed by atoms with Crippen LogP contribution in [-0.4, -0.2) is 58.5 Å². The van der Waals surface area contributed by atoms with Gasteiger partial charge in [-0.3, -0.25) is 9.59 Å². The number of esters is 1. The first-order valence-electron chi connectivity index (χ1n) is 7.65. The standard InChI is InChI=1S/C16H21N3O6S/c1-12(16(21)25-11-15(20)19(2)10-4-9-17)18-26(22,23)14-7-5-13(24-3)6-8-14/h5-8,12,18H,4,10-11H2,1-3H3/t12-/m0/s1. The summed E-state index contributed by atoms with van der Waals surface area (Å²) in [6, 6.07) is 6.36. The van der Waals surface area contributed by atoms with Gasteiger partial charge in [-0.15, -0.1) is 0 Å². The summed E-state index contributed by atoms with van der Waals surface area (Å²) in [5.74, 6) is -0.877. The Hall–Kier alpha value is -2.64. The van der Waals surface area contributed by atoms with Gasteiger partial charge in [-0.25, -0.2) is 8.42 Å². The molecule has 1 rings (SSSR count). The van der Waals surface area contributed by atoms with Gasteiger partial charge in [0.2, 0.25) is 10.0 Å². The number of carbonyl (C=O) groups excluding carboxylic acids is 2. The number of likely N-dealkylation sites (N-methyl/N-ethyl adjacent to an activating group) is 1. The molecule has 0 aliphatic carbocycles. The average Bonchev–Trinajstić information content (AvgIpc) is 2.63. The minimum Gasteiger partial charge on any atom is -0.497 e. The first kappa shape index (κ1) is 21.4. The van der Waals surface area contributed by atoms with E-state index >= 15 is 0 Å². The highest BCUT2D eigenvalue weighted by Gasteiger charge is 2.24. The average molecular weight is 383 g/mol. The molecule has 0 saturated heterocycles. The van der Waals surface area contributed by atoms with Crippen LogP contribution in [-0.2, 0) is 24.3 Å². The molecule has 10 heteroatoms. The lowest BCUT2D eigenvalue weighted by Gasteiger charge is -2.17. The number of sulfonamides is 1. The van der Waals surface area contributed by atoms with Gasteiger partial charge in [0.1, 0.15) is 11.8 Å². The summed E-state index contributed by atoms with van der Waals surface area (Å²) in [7, 11) is -1.00. The molecule has 9 nitrogen and oxygen atoms in total. The molecule has 0 saturated carbocycles. The molecule has 0 aromatic heterocycles. The number of methoxy groups -OCH3 is 1. The molecular formula is C16H21N3O6S. The summed E-state index contributed by atoms with van der Waals surface area (Å²) in [5.41, 5.74) is 0. The van der Waals surface area contributed by atoms with Gasteiger partial charge in [0.05, 0.1) is 24.5 Å².